The second-order valence-corrected chi connectivity index (χ2v) is 8.28. The molecule has 3 aromatic rings. The van der Waals surface area contributed by atoms with E-state index in [2.05, 4.69) is 5.16 Å². The minimum absolute atomic E-state index is 0.0252. The van der Waals surface area contributed by atoms with Gasteiger partial charge >= 0.3 is 5.09 Å². The highest BCUT2D eigenvalue weighted by molar-refractivity contribution is 7.90. The second-order valence-electron chi connectivity index (χ2n) is 6.97. The summed E-state index contributed by atoms with van der Waals surface area (Å²) in [6, 6.07) is 14.5. The van der Waals surface area contributed by atoms with Gasteiger partial charge in [-0.15, -0.1) is 0 Å². The third-order valence-electron chi connectivity index (χ3n) is 4.81. The van der Waals surface area contributed by atoms with Crippen LogP contribution in [0.2, 0.25) is 0 Å². The number of benzene rings is 2. The van der Waals surface area contributed by atoms with E-state index in [0.717, 1.165) is 11.1 Å². The Morgan fingerprint density at radius 3 is 2.35 bits per heavy atom. The lowest BCUT2D eigenvalue weighted by molar-refractivity contribution is -0.174. The number of aliphatic hydroxyl groups is 1. The zero-order valence-electron chi connectivity index (χ0n) is 16.7. The Labute approximate surface area is 180 Å². The van der Waals surface area contributed by atoms with Gasteiger partial charge in [-0.2, -0.15) is 0 Å². The van der Waals surface area contributed by atoms with E-state index in [0.29, 0.717) is 5.56 Å². The van der Waals surface area contributed by atoms with Gasteiger partial charge < -0.3 is 18.9 Å². The van der Waals surface area contributed by atoms with Gasteiger partial charge in [0.2, 0.25) is 0 Å². The molecule has 0 radical (unpaired) electrons. The molecule has 1 aromatic heterocycles. The minimum Gasteiger partial charge on any atom is -0.609 e. The number of ether oxygens (including phenoxy) is 1. The number of nitrogens with zero attached hydrogens (tertiary/aromatic N) is 1. The second kappa shape index (κ2) is 9.58. The number of carbonyl (C=O) groups excluding carboxylic acids is 1. The molecule has 8 nitrogen and oxygen atoms in total. The maximum atomic E-state index is 13.1. The topological polar surface area (TPSA) is 128 Å². The van der Waals surface area contributed by atoms with Crippen molar-refractivity contribution in [3.63, 3.8) is 0 Å². The van der Waals surface area contributed by atoms with Crippen molar-refractivity contribution in [2.45, 2.75) is 30.3 Å². The number of hydrogen-bond donors (Lipinski definition) is 3. The van der Waals surface area contributed by atoms with E-state index in [1.54, 1.807) is 24.3 Å². The summed E-state index contributed by atoms with van der Waals surface area (Å²) >= 11 is -1.47. The van der Waals surface area contributed by atoms with Crippen molar-refractivity contribution < 1.29 is 33.3 Å². The Hall–Kier alpha value is -2.76. The molecule has 3 rings (SSSR count). The summed E-state index contributed by atoms with van der Waals surface area (Å²) in [4.78, 5) is 12.3. The van der Waals surface area contributed by atoms with Gasteiger partial charge in [-0.25, -0.2) is 9.87 Å². The van der Waals surface area contributed by atoms with Crippen molar-refractivity contribution in [1.29, 1.82) is 0 Å². The van der Waals surface area contributed by atoms with Crippen LogP contribution < -0.4 is 5.48 Å². The summed E-state index contributed by atoms with van der Waals surface area (Å²) in [7, 11) is 0. The van der Waals surface area contributed by atoms with Gasteiger partial charge in [0.05, 0.1) is 12.7 Å². The third-order valence-corrected chi connectivity index (χ3v) is 5.57. The molecule has 1 heterocycles. The van der Waals surface area contributed by atoms with E-state index in [1.807, 2.05) is 12.1 Å². The molecule has 3 atom stereocenters. The molecule has 0 aliphatic rings. The van der Waals surface area contributed by atoms with Crippen LogP contribution in [0.1, 0.15) is 24.3 Å². The normalized spacial score (nSPS) is 15.2. The molecular weight excluding hydrogens is 427 g/mol. The van der Waals surface area contributed by atoms with E-state index in [1.165, 1.54) is 36.9 Å². The molecule has 31 heavy (non-hydrogen) atoms. The minimum atomic E-state index is -1.92. The molecule has 1 unspecified atom stereocenters. The number of aromatic nitrogens is 1. The highest BCUT2D eigenvalue weighted by Gasteiger charge is 2.45. The van der Waals surface area contributed by atoms with Crippen LogP contribution >= 0.6 is 0 Å². The molecular formula is C21H21FN2O6S. The van der Waals surface area contributed by atoms with Crippen molar-refractivity contribution >= 4 is 17.1 Å². The lowest BCUT2D eigenvalue weighted by Crippen LogP contribution is -2.50. The Balaban J connectivity index is 1.76. The number of halogens is 1. The van der Waals surface area contributed by atoms with Crippen LogP contribution in [0.3, 0.4) is 0 Å². The van der Waals surface area contributed by atoms with Crippen molar-refractivity contribution in [1.82, 2.24) is 10.6 Å². The standard InChI is InChI=1S/C21H21FN2O6S/c1-21(20(26)23-27,19(25)17-11-18(30-24-17)31(2)28)29-12-13-3-5-14(6-4-13)15-7-9-16(22)10-8-15/h3-11,19,25,27H,12H2,1-2H3,(H,23,26)/t19-,21-,31?/m0/s1. The summed E-state index contributed by atoms with van der Waals surface area (Å²) in [6.07, 6.45) is -0.234. The van der Waals surface area contributed by atoms with Crippen molar-refractivity contribution in [3.8, 4) is 11.1 Å². The zero-order chi connectivity index (χ0) is 22.6. The van der Waals surface area contributed by atoms with Gasteiger partial charge in [-0.1, -0.05) is 41.6 Å². The lowest BCUT2D eigenvalue weighted by atomic mass is 9.95. The van der Waals surface area contributed by atoms with Crippen LogP contribution in [0.25, 0.3) is 11.1 Å². The quantitative estimate of drug-likeness (QED) is 0.275. The fourth-order valence-corrected chi connectivity index (χ4v) is 3.30. The van der Waals surface area contributed by atoms with Gasteiger partial charge in [0.15, 0.2) is 5.60 Å². The Kier molecular flexibility index (Phi) is 7.08. The maximum absolute atomic E-state index is 13.1. The highest BCUT2D eigenvalue weighted by Crippen LogP contribution is 2.31. The first-order valence-corrected chi connectivity index (χ1v) is 10.7. The molecule has 3 N–H and O–H groups in total. The van der Waals surface area contributed by atoms with Crippen molar-refractivity contribution in [3.05, 3.63) is 71.7 Å². The van der Waals surface area contributed by atoms with Gasteiger partial charge in [-0.3, -0.25) is 10.0 Å². The molecule has 1 amide bonds. The fraction of sp³-hybridized carbons (Fsp3) is 0.238. The zero-order valence-corrected chi connectivity index (χ0v) is 17.6. The van der Waals surface area contributed by atoms with Crippen LogP contribution in [0.5, 0.6) is 0 Å². The van der Waals surface area contributed by atoms with E-state index < -0.39 is 28.8 Å². The average molecular weight is 448 g/mol. The number of carbonyl (C=O) groups is 1. The van der Waals surface area contributed by atoms with Crippen molar-refractivity contribution in [2.24, 2.45) is 0 Å². The molecule has 0 aliphatic carbocycles. The molecule has 0 bridgehead atoms. The molecule has 2 aromatic carbocycles. The monoisotopic (exact) mass is 448 g/mol. The molecule has 164 valence electrons. The third kappa shape index (κ3) is 5.12. The van der Waals surface area contributed by atoms with Crippen LogP contribution in [0.4, 0.5) is 4.39 Å². The summed E-state index contributed by atoms with van der Waals surface area (Å²) in [6.45, 7) is 1.21. The predicted octanol–water partition coefficient (Wildman–Crippen LogP) is 2.73. The van der Waals surface area contributed by atoms with E-state index in [9.17, 15) is 18.8 Å². The Morgan fingerprint density at radius 1 is 1.26 bits per heavy atom. The maximum Gasteiger partial charge on any atom is 0.335 e. The van der Waals surface area contributed by atoms with E-state index >= 15 is 0 Å². The van der Waals surface area contributed by atoms with Crippen LogP contribution in [-0.2, 0) is 27.3 Å². The first-order chi connectivity index (χ1) is 14.7. The largest absolute Gasteiger partial charge is 0.609 e. The highest BCUT2D eigenvalue weighted by atomic mass is 32.2. The van der Waals surface area contributed by atoms with Gasteiger partial charge in [-0.05, 0) is 35.7 Å². The molecule has 0 aliphatic heterocycles. The van der Waals surface area contributed by atoms with Crippen LogP contribution in [-0.4, -0.2) is 37.8 Å². The summed E-state index contributed by atoms with van der Waals surface area (Å²) in [5.41, 5.74) is 1.88. The Bertz CT molecular complexity index is 1030. The lowest BCUT2D eigenvalue weighted by Gasteiger charge is -2.31. The number of hydrogen-bond acceptors (Lipinski definition) is 7. The number of amides is 1. The smallest absolute Gasteiger partial charge is 0.335 e. The van der Waals surface area contributed by atoms with Crippen LogP contribution in [0, 0.1) is 5.82 Å². The Morgan fingerprint density at radius 2 is 1.84 bits per heavy atom. The van der Waals surface area contributed by atoms with E-state index in [4.69, 9.17) is 14.5 Å². The van der Waals surface area contributed by atoms with Gasteiger partial charge in [0, 0.05) is 11.2 Å². The number of nitrogens with one attached hydrogen (secondary N) is 1. The predicted molar refractivity (Wildman–Crippen MR) is 109 cm³/mol. The van der Waals surface area contributed by atoms with Crippen LogP contribution in [0.15, 0.2) is 64.2 Å². The summed E-state index contributed by atoms with van der Waals surface area (Å²) < 4.78 is 35.2. The fourth-order valence-electron chi connectivity index (χ4n) is 2.87. The number of rotatable bonds is 8. The molecule has 0 spiro atoms. The summed E-state index contributed by atoms with van der Waals surface area (Å²) in [5.74, 6) is -1.32. The molecule has 0 saturated carbocycles. The molecule has 0 saturated heterocycles. The average Bonchev–Trinajstić information content (AvgIpc) is 3.28. The van der Waals surface area contributed by atoms with Gasteiger partial charge in [0.25, 0.3) is 5.91 Å². The van der Waals surface area contributed by atoms with E-state index in [-0.39, 0.29) is 23.2 Å². The first kappa shape index (κ1) is 22.9. The summed E-state index contributed by atoms with van der Waals surface area (Å²) in [5, 5.41) is 23.5. The van der Waals surface area contributed by atoms with Crippen molar-refractivity contribution in [2.75, 3.05) is 6.26 Å². The van der Waals surface area contributed by atoms with Gasteiger partial charge in [0.1, 0.15) is 23.9 Å². The number of aliphatic hydroxyl groups excluding tert-OH is 1. The molecule has 0 fully saturated rings. The molecule has 10 heteroatoms. The number of hydroxylamine groups is 1. The first-order valence-electron chi connectivity index (χ1n) is 9.16. The SMILES string of the molecule is C[S+]([O-])c1cc([C@H](O)[C@](C)(OCc2ccc(-c3ccc(F)cc3)cc2)C(=O)NO)no1.